The quantitative estimate of drug-likeness (QED) is 0.0165. The number of aromatic nitrogens is 1. The summed E-state index contributed by atoms with van der Waals surface area (Å²) in [7, 11) is 1.57. The number of thioether (sulfide) groups is 2. The zero-order valence-electron chi connectivity index (χ0n) is 66.0. The maximum atomic E-state index is 15.6. The van der Waals surface area contributed by atoms with Gasteiger partial charge in [-0.15, -0.1) is 23.5 Å². The summed E-state index contributed by atoms with van der Waals surface area (Å²) in [6, 6.07) is 51.1. The fourth-order valence-electron chi connectivity index (χ4n) is 13.7. The third-order valence-corrected chi connectivity index (χ3v) is 22.6. The fraction of sp³-hybridized carbons (Fsp3) is 0.398. The van der Waals surface area contributed by atoms with Crippen LogP contribution in [0, 0.1) is 0 Å². The molecule has 2 heterocycles. The Kier molecular flexibility index (Phi) is 29.4. The standard InChI is InChI=1S/C88H107N9O13S2/c1-13-14-39-68(81(104)97-50-29-41-72(97)78(101)96-75(80(103)93-71(82(105)106)53-60-54-89-67-40-28-27-38-66(60)67)87(10,11)112-88(61-32-21-16-22-33-61,62-34-23-17-24-35-62)63-36-25-18-26-37-63)92-76(99)69(51-57-30-19-15-20-31-57)91-73(98)55-90-79(102)74(86(8,9)111-56-59-44-46-64(108-12)47-45-59)95-77(100)70(94-83(107)110-85(5,6)7)52-58-42-48-65(49-43-58)109-84(2,3)4/h15-28,30-38,40,42-49,54,68-72,74-75,89H,13-14,29,39,41,50-53,55-56H2,1-12H3,(H,90,102)(H,91,98)(H,92,99)(H,93,103)(H,94,107)(H,95,100)(H,96,101)(H,105,106)/t68-,69-,70-,71-,72-,74-,75+/m0/s1. The van der Waals surface area contributed by atoms with Crippen molar-refractivity contribution in [2.24, 2.45) is 0 Å². The van der Waals surface area contributed by atoms with Crippen molar-refractivity contribution < 1.29 is 62.5 Å². The zero-order chi connectivity index (χ0) is 81.0. The van der Waals surface area contributed by atoms with Crippen LogP contribution in [0.5, 0.6) is 11.5 Å². The Bertz CT molecular complexity index is 4400. The Labute approximate surface area is 665 Å². The molecule has 24 heteroatoms. The van der Waals surface area contributed by atoms with Gasteiger partial charge in [0.2, 0.25) is 41.4 Å². The van der Waals surface area contributed by atoms with Crippen LogP contribution in [0.3, 0.4) is 0 Å². The van der Waals surface area contributed by atoms with Gasteiger partial charge in [-0.3, -0.25) is 33.6 Å². The van der Waals surface area contributed by atoms with E-state index in [9.17, 15) is 29.1 Å². The van der Waals surface area contributed by atoms with Gasteiger partial charge in [0.25, 0.3) is 0 Å². The molecule has 8 amide bonds. The lowest BCUT2D eigenvalue weighted by Gasteiger charge is -2.44. The summed E-state index contributed by atoms with van der Waals surface area (Å²) in [5.74, 6) is -4.67. The van der Waals surface area contributed by atoms with Gasteiger partial charge in [0.05, 0.1) is 18.4 Å². The largest absolute Gasteiger partial charge is 0.497 e. The number of benzene rings is 7. The molecule has 1 fully saturated rings. The highest BCUT2D eigenvalue weighted by atomic mass is 32.2. The minimum atomic E-state index is -1.46. The predicted octanol–water partition coefficient (Wildman–Crippen LogP) is 12.3. The van der Waals surface area contributed by atoms with Crippen LogP contribution in [0.2, 0.25) is 0 Å². The Morgan fingerprint density at radius 2 is 1.05 bits per heavy atom. The number of amides is 8. The van der Waals surface area contributed by atoms with Crippen molar-refractivity contribution in [2.45, 2.75) is 201 Å². The highest BCUT2D eigenvalue weighted by molar-refractivity contribution is 8.02. The number of carbonyl (C=O) groups is 9. The van der Waals surface area contributed by atoms with E-state index >= 15 is 19.2 Å². The molecule has 1 aliphatic heterocycles. The van der Waals surface area contributed by atoms with E-state index in [1.54, 1.807) is 103 Å². The highest BCUT2D eigenvalue weighted by Gasteiger charge is 2.50. The average Bonchev–Trinajstić information content (AvgIpc) is 0.768. The van der Waals surface area contributed by atoms with Crippen LogP contribution in [-0.4, -0.2) is 152 Å². The summed E-state index contributed by atoms with van der Waals surface area (Å²) in [4.78, 5) is 138. The molecular formula is C88H107N9O13S2. The molecule has 0 radical (unpaired) electrons. The Morgan fingerprint density at radius 1 is 0.536 bits per heavy atom. The molecule has 1 aliphatic rings. The molecule has 594 valence electrons. The lowest BCUT2D eigenvalue weighted by molar-refractivity contribution is -0.144. The molecule has 8 aromatic rings. The zero-order valence-corrected chi connectivity index (χ0v) is 67.6. The number of carboxylic acid groups (broad SMARTS) is 1. The molecular weight excluding hydrogens is 1460 g/mol. The number of nitrogens with zero attached hydrogens (tertiary/aromatic N) is 1. The lowest BCUT2D eigenvalue weighted by Crippen LogP contribution is -2.63. The van der Waals surface area contributed by atoms with Gasteiger partial charge in [-0.05, 0) is 158 Å². The number of alkyl carbamates (subject to hydrolysis) is 1. The number of para-hydroxylation sites is 1. The number of ether oxygens (including phenoxy) is 3. The summed E-state index contributed by atoms with van der Waals surface area (Å²) in [5, 5.41) is 31.8. The van der Waals surface area contributed by atoms with E-state index in [4.69, 9.17) is 14.2 Å². The SMILES string of the molecule is CCCC[C@H](NC(=O)[C@H](Cc1ccccc1)NC(=O)CNC(=O)[C@H](NC(=O)[C@H](Cc1ccc(OC(C)(C)C)cc1)NC(=O)OC(C)(C)C)C(C)(C)SCc1ccc(OC)cc1)C(=O)N1CCC[C@H]1C(=O)N[C@H](C(=O)N[C@@H](Cc1c[nH]c2ccccc12)C(=O)O)C(C)(C)SC(c1ccccc1)(c1ccccc1)c1ccccc1. The Morgan fingerprint density at radius 3 is 1.62 bits per heavy atom. The van der Waals surface area contributed by atoms with Crippen LogP contribution in [0.1, 0.15) is 147 Å². The number of rotatable bonds is 36. The number of hydrogen-bond donors (Lipinski definition) is 9. The molecule has 1 aromatic heterocycles. The fourth-order valence-corrected chi connectivity index (χ4v) is 16.6. The second-order valence-electron chi connectivity index (χ2n) is 31.3. The van der Waals surface area contributed by atoms with Crippen LogP contribution >= 0.6 is 23.5 Å². The van der Waals surface area contributed by atoms with Gasteiger partial charge in [-0.1, -0.05) is 184 Å². The lowest BCUT2D eigenvalue weighted by atomic mass is 9.84. The molecule has 7 aromatic carbocycles. The Hall–Kier alpha value is -10.6. The summed E-state index contributed by atoms with van der Waals surface area (Å²) < 4.78 is 13.6. The summed E-state index contributed by atoms with van der Waals surface area (Å²) >= 11 is 2.79. The molecule has 0 saturated carbocycles. The van der Waals surface area contributed by atoms with Crippen molar-refractivity contribution in [3.63, 3.8) is 0 Å². The number of hydrogen-bond acceptors (Lipinski definition) is 14. The van der Waals surface area contributed by atoms with Crippen LogP contribution in [-0.2, 0) is 72.9 Å². The van der Waals surface area contributed by atoms with Crippen molar-refractivity contribution in [3.05, 3.63) is 239 Å². The van der Waals surface area contributed by atoms with Crippen molar-refractivity contribution in [1.29, 1.82) is 0 Å². The van der Waals surface area contributed by atoms with Crippen LogP contribution in [0.25, 0.3) is 10.9 Å². The first-order valence-corrected chi connectivity index (χ1v) is 39.9. The van der Waals surface area contributed by atoms with Crippen LogP contribution in [0.15, 0.2) is 200 Å². The van der Waals surface area contributed by atoms with Gasteiger partial charge in [0.15, 0.2) is 0 Å². The summed E-state index contributed by atoms with van der Waals surface area (Å²) in [6.45, 7) is 19.5. The molecule has 0 aliphatic carbocycles. The van der Waals surface area contributed by atoms with Crippen LogP contribution in [0.4, 0.5) is 4.79 Å². The first-order chi connectivity index (χ1) is 53.3. The number of likely N-dealkylation sites (tertiary alicyclic amines) is 1. The Balaban J connectivity index is 0.970. The maximum Gasteiger partial charge on any atom is 0.408 e. The molecule has 9 rings (SSSR count). The number of aliphatic carboxylic acids is 1. The van der Waals surface area contributed by atoms with Gasteiger partial charge < -0.3 is 66.4 Å². The maximum absolute atomic E-state index is 15.6. The number of unbranched alkanes of at least 4 members (excludes halogenated alkanes) is 1. The summed E-state index contributed by atoms with van der Waals surface area (Å²) in [5.41, 5.74) is 4.85. The highest BCUT2D eigenvalue weighted by Crippen LogP contribution is 2.54. The van der Waals surface area contributed by atoms with E-state index in [0.29, 0.717) is 53.2 Å². The van der Waals surface area contributed by atoms with Crippen LogP contribution < -0.4 is 46.7 Å². The minimum Gasteiger partial charge on any atom is -0.497 e. The number of fused-ring (bicyclic) bond motifs is 1. The molecule has 0 bridgehead atoms. The molecule has 0 unspecified atom stereocenters. The number of nitrogens with one attached hydrogen (secondary N) is 8. The number of carbonyl (C=O) groups excluding carboxylic acids is 8. The minimum absolute atomic E-state index is 0.0201. The van der Waals surface area contributed by atoms with Crippen molar-refractivity contribution in [3.8, 4) is 11.5 Å². The van der Waals surface area contributed by atoms with E-state index in [1.807, 2.05) is 181 Å². The van der Waals surface area contributed by atoms with E-state index in [0.717, 1.165) is 33.2 Å². The second-order valence-corrected chi connectivity index (χ2v) is 34.8. The number of aromatic amines is 1. The second kappa shape index (κ2) is 38.6. The molecule has 112 heavy (non-hydrogen) atoms. The van der Waals surface area contributed by atoms with Crippen molar-refractivity contribution in [1.82, 2.24) is 47.1 Å². The van der Waals surface area contributed by atoms with E-state index < -0.39 is 128 Å². The van der Waals surface area contributed by atoms with E-state index in [1.165, 1.54) is 28.4 Å². The third kappa shape index (κ3) is 23.5. The van der Waals surface area contributed by atoms with Gasteiger partial charge in [-0.25, -0.2) is 9.59 Å². The average molecular weight is 1560 g/mol. The molecule has 7 atom stereocenters. The first kappa shape index (κ1) is 85.4. The normalized spacial score (nSPS) is 14.9. The van der Waals surface area contributed by atoms with Crippen molar-refractivity contribution >= 4 is 87.8 Å². The van der Waals surface area contributed by atoms with Crippen molar-refractivity contribution in [2.75, 3.05) is 20.2 Å². The van der Waals surface area contributed by atoms with E-state index in [2.05, 4.69) is 42.2 Å². The van der Waals surface area contributed by atoms with Gasteiger partial charge >= 0.3 is 12.1 Å². The summed E-state index contributed by atoms with van der Waals surface area (Å²) in [6.07, 6.45) is 2.48. The number of H-pyrrole nitrogens is 1. The van der Waals surface area contributed by atoms with Gasteiger partial charge in [-0.2, -0.15) is 0 Å². The van der Waals surface area contributed by atoms with Gasteiger partial charge in [0.1, 0.15) is 65.0 Å². The molecule has 0 spiro atoms. The molecule has 1 saturated heterocycles. The molecule has 9 N–H and O–H groups in total. The topological polar surface area (TPSA) is 305 Å². The smallest absolute Gasteiger partial charge is 0.408 e. The van der Waals surface area contributed by atoms with E-state index in [-0.39, 0.29) is 38.6 Å². The predicted molar refractivity (Wildman–Crippen MR) is 440 cm³/mol. The molecule has 22 nitrogen and oxygen atoms in total. The number of carboxylic acids is 1. The monoisotopic (exact) mass is 1560 g/mol. The number of methoxy groups -OCH3 is 1. The van der Waals surface area contributed by atoms with Gasteiger partial charge in [0, 0.05) is 58.2 Å². The first-order valence-electron chi connectivity index (χ1n) is 38.1. The third-order valence-electron chi connectivity index (χ3n) is 19.4.